The van der Waals surface area contributed by atoms with Gasteiger partial charge >= 0.3 is 0 Å². The molecule has 162 valence electrons. The van der Waals surface area contributed by atoms with Gasteiger partial charge in [-0.2, -0.15) is 0 Å². The quantitative estimate of drug-likeness (QED) is 0.222. The van der Waals surface area contributed by atoms with E-state index in [9.17, 15) is 9.18 Å². The Morgan fingerprint density at radius 3 is 2.31 bits per heavy atom. The van der Waals surface area contributed by atoms with Crippen molar-refractivity contribution in [1.82, 2.24) is 5.32 Å². The minimum atomic E-state index is -0.326. The third kappa shape index (κ3) is 6.23. The number of carbonyl (C=O) groups excluding carboxylic acids is 1. The van der Waals surface area contributed by atoms with E-state index in [1.807, 2.05) is 18.2 Å². The van der Waals surface area contributed by atoms with Gasteiger partial charge in [-0.3, -0.25) is 4.79 Å². The molecule has 4 nitrogen and oxygen atoms in total. The predicted molar refractivity (Wildman–Crippen MR) is 153 cm³/mol. The van der Waals surface area contributed by atoms with Crippen LogP contribution in [0.5, 0.6) is 5.75 Å². The summed E-state index contributed by atoms with van der Waals surface area (Å²) in [4.78, 5) is 17.3. The molecule has 0 aliphatic carbocycles. The number of hydrogen-bond donors (Lipinski definition) is 1. The monoisotopic (exact) mass is 782 g/mol. The maximum atomic E-state index is 13.1. The summed E-state index contributed by atoms with van der Waals surface area (Å²) in [5.41, 5.74) is 2.59. The number of aliphatic imine (C=N–C) groups is 1. The Kier molecular flexibility index (Phi) is 8.10. The molecule has 3 aromatic rings. The molecule has 0 radical (unpaired) electrons. The smallest absolute Gasteiger partial charge is 0.264 e. The predicted octanol–water partition coefficient (Wildman–Crippen LogP) is 7.11. The average molecular weight is 782 g/mol. The van der Waals surface area contributed by atoms with E-state index in [1.54, 1.807) is 12.1 Å². The molecule has 9 heteroatoms. The van der Waals surface area contributed by atoms with Gasteiger partial charge in [0.25, 0.3) is 5.91 Å². The number of benzene rings is 3. The summed E-state index contributed by atoms with van der Waals surface area (Å²) in [6.45, 7) is 0.491. The average Bonchev–Trinajstić information content (AvgIpc) is 3.09. The summed E-state index contributed by atoms with van der Waals surface area (Å²) in [5, 5.41) is 3.22. The van der Waals surface area contributed by atoms with Crippen molar-refractivity contribution in [3.8, 4) is 5.75 Å². The molecule has 0 bridgehead atoms. The standard InChI is InChI=1S/C23H14FI3N2O2S/c24-15-3-7-17(8-4-15)28-23-29-22(30)20(32-23)11-14-9-18(26)21(19(27)10-14)31-12-13-1-5-16(25)6-2-13/h1-11H,12H2,(H,28,29,30)/b20-11+. The largest absolute Gasteiger partial charge is 0.487 e. The first-order valence-corrected chi connectivity index (χ1v) is 13.3. The molecule has 0 unspecified atom stereocenters. The second-order valence-electron chi connectivity index (χ2n) is 6.69. The van der Waals surface area contributed by atoms with Gasteiger partial charge in [0, 0.05) is 3.57 Å². The highest BCUT2D eigenvalue weighted by atomic mass is 127. The molecule has 32 heavy (non-hydrogen) atoms. The van der Waals surface area contributed by atoms with E-state index in [0.29, 0.717) is 22.4 Å². The maximum absolute atomic E-state index is 13.1. The van der Waals surface area contributed by atoms with Gasteiger partial charge in [-0.05, 0) is 145 Å². The SMILES string of the molecule is O=C1NC(=Nc2ccc(F)cc2)S/C1=C/c1cc(I)c(OCc2ccc(I)cc2)c(I)c1. The highest BCUT2D eigenvalue weighted by molar-refractivity contribution is 14.1. The number of nitrogens with zero attached hydrogens (tertiary/aromatic N) is 1. The van der Waals surface area contributed by atoms with Gasteiger partial charge < -0.3 is 10.1 Å². The van der Waals surface area contributed by atoms with E-state index in [-0.39, 0.29) is 11.7 Å². The van der Waals surface area contributed by atoms with Crippen molar-refractivity contribution in [2.45, 2.75) is 6.61 Å². The normalized spacial score (nSPS) is 15.9. The molecule has 1 heterocycles. The Balaban J connectivity index is 1.49. The lowest BCUT2D eigenvalue weighted by molar-refractivity contribution is -0.115. The lowest BCUT2D eigenvalue weighted by Crippen LogP contribution is -2.19. The molecule has 0 aromatic heterocycles. The van der Waals surface area contributed by atoms with E-state index in [1.165, 1.54) is 27.5 Å². The molecule has 1 aliphatic heterocycles. The highest BCUT2D eigenvalue weighted by Gasteiger charge is 2.24. The Hall–Kier alpha value is -1.19. The first kappa shape index (κ1) is 24.0. The van der Waals surface area contributed by atoms with Crippen LogP contribution in [0.3, 0.4) is 0 Å². The second-order valence-corrected chi connectivity index (χ2v) is 11.3. The molecule has 1 N–H and O–H groups in total. The molecule has 1 fully saturated rings. The van der Waals surface area contributed by atoms with Crippen LogP contribution in [0, 0.1) is 16.5 Å². The number of halogens is 4. The lowest BCUT2D eigenvalue weighted by atomic mass is 10.2. The van der Waals surface area contributed by atoms with Gasteiger partial charge in [0.15, 0.2) is 5.17 Å². The molecular formula is C23H14FI3N2O2S. The zero-order valence-electron chi connectivity index (χ0n) is 16.2. The van der Waals surface area contributed by atoms with Crippen LogP contribution in [0.4, 0.5) is 10.1 Å². The van der Waals surface area contributed by atoms with E-state index in [4.69, 9.17) is 4.74 Å². The van der Waals surface area contributed by atoms with Gasteiger partial charge in [0.2, 0.25) is 0 Å². The molecule has 4 rings (SSSR count). The molecule has 0 saturated carbocycles. The van der Waals surface area contributed by atoms with E-state index in [2.05, 4.69) is 102 Å². The van der Waals surface area contributed by atoms with Crippen molar-refractivity contribution in [3.05, 3.63) is 93.2 Å². The van der Waals surface area contributed by atoms with Crippen molar-refractivity contribution in [3.63, 3.8) is 0 Å². The van der Waals surface area contributed by atoms with E-state index >= 15 is 0 Å². The van der Waals surface area contributed by atoms with Gasteiger partial charge in [-0.15, -0.1) is 0 Å². The number of hydrogen-bond acceptors (Lipinski definition) is 4. The Bertz CT molecular complexity index is 1210. The van der Waals surface area contributed by atoms with Crippen LogP contribution in [0.1, 0.15) is 11.1 Å². The summed E-state index contributed by atoms with van der Waals surface area (Å²) in [7, 11) is 0. The van der Waals surface area contributed by atoms with Crippen LogP contribution in [-0.2, 0) is 11.4 Å². The lowest BCUT2D eigenvalue weighted by Gasteiger charge is -2.12. The Labute approximate surface area is 229 Å². The van der Waals surface area contributed by atoms with Crippen LogP contribution in [-0.4, -0.2) is 11.1 Å². The number of rotatable bonds is 5. The summed E-state index contributed by atoms with van der Waals surface area (Å²) >= 11 is 8.04. The topological polar surface area (TPSA) is 50.7 Å². The maximum Gasteiger partial charge on any atom is 0.264 e. The number of amidine groups is 1. The fraction of sp³-hybridized carbons (Fsp3) is 0.0435. The second kappa shape index (κ2) is 10.8. The van der Waals surface area contributed by atoms with E-state index < -0.39 is 0 Å². The van der Waals surface area contributed by atoms with Gasteiger partial charge in [-0.25, -0.2) is 9.38 Å². The van der Waals surface area contributed by atoms with Crippen molar-refractivity contribution < 1.29 is 13.9 Å². The zero-order chi connectivity index (χ0) is 22.7. The summed E-state index contributed by atoms with van der Waals surface area (Å²) in [6.07, 6.45) is 1.83. The molecule has 1 saturated heterocycles. The Morgan fingerprint density at radius 1 is 1.00 bits per heavy atom. The minimum Gasteiger partial charge on any atom is -0.487 e. The van der Waals surface area contributed by atoms with Crippen LogP contribution in [0.2, 0.25) is 0 Å². The van der Waals surface area contributed by atoms with Crippen molar-refractivity contribution in [2.24, 2.45) is 4.99 Å². The van der Waals surface area contributed by atoms with Crippen molar-refractivity contribution in [2.75, 3.05) is 0 Å². The third-order valence-electron chi connectivity index (χ3n) is 4.32. The number of carbonyl (C=O) groups is 1. The molecule has 0 spiro atoms. The molecule has 1 aliphatic rings. The first-order valence-electron chi connectivity index (χ1n) is 9.29. The van der Waals surface area contributed by atoms with Gasteiger partial charge in [0.05, 0.1) is 17.7 Å². The molecular weight excluding hydrogens is 768 g/mol. The van der Waals surface area contributed by atoms with Crippen molar-refractivity contribution in [1.29, 1.82) is 0 Å². The van der Waals surface area contributed by atoms with Crippen LogP contribution in [0.15, 0.2) is 70.6 Å². The van der Waals surface area contributed by atoms with Crippen LogP contribution < -0.4 is 10.1 Å². The zero-order valence-corrected chi connectivity index (χ0v) is 23.5. The fourth-order valence-corrected chi connectivity index (χ4v) is 6.13. The fourth-order valence-electron chi connectivity index (χ4n) is 2.80. The summed E-state index contributed by atoms with van der Waals surface area (Å²) < 4.78 is 22.3. The molecule has 0 atom stereocenters. The summed E-state index contributed by atoms with van der Waals surface area (Å²) in [5.74, 6) is 0.293. The molecule has 3 aromatic carbocycles. The number of thioether (sulfide) groups is 1. The molecule has 1 amide bonds. The van der Waals surface area contributed by atoms with Gasteiger partial charge in [0.1, 0.15) is 18.2 Å². The van der Waals surface area contributed by atoms with Crippen LogP contribution in [0.25, 0.3) is 6.08 Å². The number of amides is 1. The first-order chi connectivity index (χ1) is 15.4. The number of nitrogens with one attached hydrogen (secondary N) is 1. The van der Waals surface area contributed by atoms with Crippen molar-refractivity contribution >= 4 is 102 Å². The minimum absolute atomic E-state index is 0.208. The van der Waals surface area contributed by atoms with Crippen LogP contribution >= 0.6 is 79.5 Å². The summed E-state index contributed by atoms with van der Waals surface area (Å²) in [6, 6.07) is 18.0. The highest BCUT2D eigenvalue weighted by Crippen LogP contribution is 2.33. The third-order valence-corrected chi connectivity index (χ3v) is 7.55. The van der Waals surface area contributed by atoms with Gasteiger partial charge in [-0.1, -0.05) is 12.1 Å². The number of ether oxygens (including phenoxy) is 1. The Morgan fingerprint density at radius 2 is 1.66 bits per heavy atom. The van der Waals surface area contributed by atoms with E-state index in [0.717, 1.165) is 24.0 Å².